The second-order valence-corrected chi connectivity index (χ2v) is 9.46. The van der Waals surface area contributed by atoms with E-state index in [0.29, 0.717) is 23.3 Å². The van der Waals surface area contributed by atoms with Crippen LogP contribution in [0.2, 0.25) is 5.02 Å². The van der Waals surface area contributed by atoms with Gasteiger partial charge in [-0.05, 0) is 35.9 Å². The van der Waals surface area contributed by atoms with Crippen LogP contribution in [0.15, 0.2) is 95.2 Å². The van der Waals surface area contributed by atoms with Crippen molar-refractivity contribution in [2.75, 3.05) is 5.32 Å². The van der Waals surface area contributed by atoms with Crippen LogP contribution in [0.4, 0.5) is 23.7 Å². The number of hydrazone groups is 1. The number of rotatable bonds is 5. The highest BCUT2D eigenvalue weighted by Crippen LogP contribution is 2.37. The molecule has 0 radical (unpaired) electrons. The summed E-state index contributed by atoms with van der Waals surface area (Å²) in [6.45, 7) is -0.209. The van der Waals surface area contributed by atoms with Gasteiger partial charge in [0.05, 0.1) is 29.5 Å². The Morgan fingerprint density at radius 1 is 1.10 bits per heavy atom. The molecule has 0 aliphatic carbocycles. The molecule has 8 nitrogen and oxygen atoms in total. The molecular weight excluding hydrogens is 547 g/mol. The van der Waals surface area contributed by atoms with Crippen molar-refractivity contribution < 1.29 is 23.1 Å². The van der Waals surface area contributed by atoms with Gasteiger partial charge in [0.1, 0.15) is 10.8 Å². The standard InChI is InChI=1S/C28H21ClF3N5O3/c29-22-12-20(16-36(26(22)39)15-17-5-3-7-19(11-17)28(30,31)32)34-27(40)37-24(21-8-1-2-9-25(21)38)13-23(35-37)18-6-4-10-33-14-18/h1-12,14,16,24,38H,13,15H2,(H,34,40). The third-order valence-electron chi connectivity index (χ3n) is 6.31. The average molecular weight is 568 g/mol. The third kappa shape index (κ3) is 5.69. The van der Waals surface area contributed by atoms with Gasteiger partial charge in [0.15, 0.2) is 0 Å². The van der Waals surface area contributed by atoms with Gasteiger partial charge in [0, 0.05) is 36.1 Å². The first-order valence-corrected chi connectivity index (χ1v) is 12.4. The van der Waals surface area contributed by atoms with Gasteiger partial charge in [-0.2, -0.15) is 18.3 Å². The lowest BCUT2D eigenvalue weighted by atomic mass is 9.98. The van der Waals surface area contributed by atoms with Crippen LogP contribution in [0.5, 0.6) is 5.75 Å². The van der Waals surface area contributed by atoms with Crippen LogP contribution >= 0.6 is 11.6 Å². The van der Waals surface area contributed by atoms with Gasteiger partial charge >= 0.3 is 12.2 Å². The summed E-state index contributed by atoms with van der Waals surface area (Å²) < 4.78 is 40.6. The molecule has 1 aliphatic heterocycles. The molecule has 1 aliphatic rings. The number of alkyl halides is 3. The van der Waals surface area contributed by atoms with Crippen molar-refractivity contribution in [3.63, 3.8) is 0 Å². The number of pyridine rings is 2. The molecule has 40 heavy (non-hydrogen) atoms. The Balaban J connectivity index is 1.44. The number of para-hydroxylation sites is 1. The van der Waals surface area contributed by atoms with Crippen molar-refractivity contribution in [2.45, 2.75) is 25.2 Å². The Morgan fingerprint density at radius 3 is 2.62 bits per heavy atom. The molecule has 1 atom stereocenters. The number of carbonyl (C=O) groups excluding carboxylic acids is 1. The van der Waals surface area contributed by atoms with Crippen LogP contribution in [-0.2, 0) is 12.7 Å². The number of halogens is 4. The zero-order chi connectivity index (χ0) is 28.4. The van der Waals surface area contributed by atoms with Gasteiger partial charge in [-0.25, -0.2) is 9.80 Å². The lowest BCUT2D eigenvalue weighted by molar-refractivity contribution is -0.137. The van der Waals surface area contributed by atoms with Crippen LogP contribution in [-0.4, -0.2) is 31.4 Å². The highest BCUT2D eigenvalue weighted by atomic mass is 35.5. The van der Waals surface area contributed by atoms with E-state index in [4.69, 9.17) is 11.6 Å². The summed E-state index contributed by atoms with van der Waals surface area (Å²) in [5.41, 5.74) is 0.624. The van der Waals surface area contributed by atoms with Crippen LogP contribution in [0, 0.1) is 0 Å². The van der Waals surface area contributed by atoms with Gasteiger partial charge in [-0.15, -0.1) is 0 Å². The fraction of sp³-hybridized carbons (Fsp3) is 0.143. The minimum Gasteiger partial charge on any atom is -0.508 e. The highest BCUT2D eigenvalue weighted by molar-refractivity contribution is 6.30. The van der Waals surface area contributed by atoms with Gasteiger partial charge < -0.3 is 15.0 Å². The molecule has 2 amide bonds. The molecule has 0 saturated carbocycles. The maximum absolute atomic E-state index is 13.5. The number of aromatic hydroxyl groups is 1. The Kier molecular flexibility index (Phi) is 7.31. The molecule has 5 rings (SSSR count). The number of urea groups is 1. The summed E-state index contributed by atoms with van der Waals surface area (Å²) >= 11 is 6.13. The molecule has 12 heteroatoms. The smallest absolute Gasteiger partial charge is 0.416 e. The molecule has 2 aromatic carbocycles. The van der Waals surface area contributed by atoms with E-state index in [9.17, 15) is 27.9 Å². The number of phenols is 1. The quantitative estimate of drug-likeness (QED) is 0.306. The van der Waals surface area contributed by atoms with Gasteiger partial charge in [-0.3, -0.25) is 9.78 Å². The van der Waals surface area contributed by atoms with Crippen molar-refractivity contribution in [1.82, 2.24) is 14.6 Å². The summed E-state index contributed by atoms with van der Waals surface area (Å²) in [5.74, 6) is -0.00869. The zero-order valence-electron chi connectivity index (χ0n) is 20.6. The molecule has 0 spiro atoms. The number of benzene rings is 2. The van der Waals surface area contributed by atoms with E-state index < -0.39 is 29.4 Å². The van der Waals surface area contributed by atoms with E-state index in [0.717, 1.165) is 16.7 Å². The number of phenolic OH excluding ortho intramolecular Hbond substituents is 1. The van der Waals surface area contributed by atoms with E-state index in [1.165, 1.54) is 35.5 Å². The van der Waals surface area contributed by atoms with E-state index in [2.05, 4.69) is 15.4 Å². The molecule has 2 N–H and O–H groups in total. The fourth-order valence-corrected chi connectivity index (χ4v) is 4.65. The zero-order valence-corrected chi connectivity index (χ0v) is 21.4. The topological polar surface area (TPSA) is 99.8 Å². The van der Waals surface area contributed by atoms with Gasteiger partial charge in [0.25, 0.3) is 5.56 Å². The Bertz CT molecular complexity index is 1660. The number of aromatic nitrogens is 2. The summed E-state index contributed by atoms with van der Waals surface area (Å²) in [5, 5.41) is 18.6. The summed E-state index contributed by atoms with van der Waals surface area (Å²) in [6.07, 6.45) is 0.284. The number of amides is 2. The third-order valence-corrected chi connectivity index (χ3v) is 6.58. The molecule has 4 aromatic rings. The van der Waals surface area contributed by atoms with Gasteiger partial charge in [-0.1, -0.05) is 48.0 Å². The van der Waals surface area contributed by atoms with Crippen LogP contribution in [0.25, 0.3) is 0 Å². The normalized spacial score (nSPS) is 15.2. The second kappa shape index (κ2) is 10.9. The largest absolute Gasteiger partial charge is 0.508 e. The summed E-state index contributed by atoms with van der Waals surface area (Å²) in [4.78, 5) is 30.2. The molecule has 0 fully saturated rings. The first-order valence-electron chi connectivity index (χ1n) is 12.0. The minimum absolute atomic E-state index is 0.00869. The summed E-state index contributed by atoms with van der Waals surface area (Å²) in [6, 6.07) is 14.7. The lowest BCUT2D eigenvalue weighted by Gasteiger charge is -2.23. The number of anilines is 1. The maximum atomic E-state index is 13.5. The predicted molar refractivity (Wildman–Crippen MR) is 143 cm³/mol. The molecule has 204 valence electrons. The maximum Gasteiger partial charge on any atom is 0.416 e. The Labute approximate surface area is 231 Å². The number of hydrogen-bond acceptors (Lipinski definition) is 5. The van der Waals surface area contributed by atoms with Crippen LogP contribution in [0.3, 0.4) is 0 Å². The molecule has 0 saturated heterocycles. The van der Waals surface area contributed by atoms with Crippen molar-refractivity contribution in [1.29, 1.82) is 0 Å². The average Bonchev–Trinajstić information content (AvgIpc) is 3.37. The monoisotopic (exact) mass is 567 g/mol. The van der Waals surface area contributed by atoms with Gasteiger partial charge in [0.2, 0.25) is 0 Å². The molecule has 3 heterocycles. The molecule has 0 bridgehead atoms. The highest BCUT2D eigenvalue weighted by Gasteiger charge is 2.35. The number of hydrogen-bond donors (Lipinski definition) is 2. The van der Waals surface area contributed by atoms with Crippen LogP contribution in [0.1, 0.15) is 34.7 Å². The minimum atomic E-state index is -4.54. The lowest BCUT2D eigenvalue weighted by Crippen LogP contribution is -2.32. The van der Waals surface area contributed by atoms with Crippen LogP contribution < -0.4 is 10.9 Å². The fourth-order valence-electron chi connectivity index (χ4n) is 4.43. The SMILES string of the molecule is O=C(Nc1cc(Cl)c(=O)n(Cc2cccc(C(F)(F)F)c2)c1)N1N=C(c2cccnc2)CC1c1ccccc1O. The number of carbonyl (C=O) groups is 1. The second-order valence-electron chi connectivity index (χ2n) is 9.05. The van der Waals surface area contributed by atoms with E-state index >= 15 is 0 Å². The first-order chi connectivity index (χ1) is 19.1. The van der Waals surface area contributed by atoms with E-state index in [1.807, 2.05) is 0 Å². The summed E-state index contributed by atoms with van der Waals surface area (Å²) in [7, 11) is 0. The van der Waals surface area contributed by atoms with Crippen molar-refractivity contribution in [3.8, 4) is 5.75 Å². The number of nitrogens with zero attached hydrogens (tertiary/aromatic N) is 4. The Hall–Kier alpha value is -4.64. The van der Waals surface area contributed by atoms with Crippen molar-refractivity contribution in [2.24, 2.45) is 5.10 Å². The van der Waals surface area contributed by atoms with Crippen molar-refractivity contribution >= 4 is 29.0 Å². The predicted octanol–water partition coefficient (Wildman–Crippen LogP) is 6.05. The molecule has 1 unspecified atom stereocenters. The first kappa shape index (κ1) is 26.9. The van der Waals surface area contributed by atoms with Crippen molar-refractivity contribution in [3.05, 3.63) is 123 Å². The number of nitrogens with one attached hydrogen (secondary N) is 1. The van der Waals surface area contributed by atoms with E-state index in [-0.39, 0.29) is 28.6 Å². The Morgan fingerprint density at radius 2 is 1.90 bits per heavy atom. The molecular formula is C28H21ClF3N5O3. The van der Waals surface area contributed by atoms with E-state index in [1.54, 1.807) is 42.7 Å². The molecule has 2 aromatic heterocycles.